The number of primary sulfonamides is 1. The third-order valence-electron chi connectivity index (χ3n) is 2.10. The molecule has 0 amide bonds. The lowest BCUT2D eigenvalue weighted by Gasteiger charge is -1.96. The molecular formula is C10H9N3O3S2. The van der Waals surface area contributed by atoms with Gasteiger partial charge >= 0.3 is 0 Å². The first-order chi connectivity index (χ1) is 8.47. The summed E-state index contributed by atoms with van der Waals surface area (Å²) in [5.41, 5.74) is 0.546. The van der Waals surface area contributed by atoms with E-state index in [9.17, 15) is 13.2 Å². The topological polar surface area (TPSA) is 103 Å². The van der Waals surface area contributed by atoms with Crippen LogP contribution < -0.4 is 5.14 Å². The van der Waals surface area contributed by atoms with Gasteiger partial charge in [-0.15, -0.1) is 10.2 Å². The number of rotatable bonds is 4. The lowest BCUT2D eigenvalue weighted by Crippen LogP contribution is -2.11. The molecule has 0 bridgehead atoms. The Bertz CT molecular complexity index is 665. The Kier molecular flexibility index (Phi) is 3.50. The van der Waals surface area contributed by atoms with Crippen molar-refractivity contribution in [3.63, 3.8) is 0 Å². The SMILES string of the molecule is NS(=O)(=O)c1nnc(CC(=O)c2ccccc2)s1. The molecule has 0 saturated heterocycles. The zero-order chi connectivity index (χ0) is 13.2. The molecule has 1 aromatic carbocycles. The average Bonchev–Trinajstić information content (AvgIpc) is 2.78. The third-order valence-corrected chi connectivity index (χ3v) is 4.33. The van der Waals surface area contributed by atoms with Crippen LogP contribution in [0.4, 0.5) is 0 Å². The van der Waals surface area contributed by atoms with E-state index in [1.165, 1.54) is 0 Å². The predicted molar refractivity (Wildman–Crippen MR) is 65.8 cm³/mol. The molecule has 0 aliphatic rings. The van der Waals surface area contributed by atoms with Gasteiger partial charge in [-0.3, -0.25) is 4.79 Å². The van der Waals surface area contributed by atoms with Crippen LogP contribution in [-0.2, 0) is 16.4 Å². The summed E-state index contributed by atoms with van der Waals surface area (Å²) in [7, 11) is -3.85. The zero-order valence-corrected chi connectivity index (χ0v) is 10.7. The normalized spacial score (nSPS) is 11.4. The number of benzene rings is 1. The quantitative estimate of drug-likeness (QED) is 0.828. The van der Waals surface area contributed by atoms with Gasteiger partial charge in [0.1, 0.15) is 5.01 Å². The molecule has 6 nitrogen and oxygen atoms in total. The molecular weight excluding hydrogens is 274 g/mol. The Labute approximate surface area is 108 Å². The van der Waals surface area contributed by atoms with E-state index in [1.807, 2.05) is 0 Å². The largest absolute Gasteiger partial charge is 0.294 e. The van der Waals surface area contributed by atoms with Crippen molar-refractivity contribution >= 4 is 27.1 Å². The van der Waals surface area contributed by atoms with E-state index in [1.54, 1.807) is 30.3 Å². The fourth-order valence-corrected chi connectivity index (χ4v) is 2.76. The number of nitrogens with two attached hydrogens (primary N) is 1. The molecule has 18 heavy (non-hydrogen) atoms. The molecule has 0 aliphatic heterocycles. The summed E-state index contributed by atoms with van der Waals surface area (Å²) in [5.74, 6) is -0.146. The maximum atomic E-state index is 11.8. The number of hydrogen-bond acceptors (Lipinski definition) is 6. The average molecular weight is 283 g/mol. The molecule has 1 aromatic heterocycles. The van der Waals surface area contributed by atoms with Crippen molar-refractivity contribution in [1.29, 1.82) is 0 Å². The minimum atomic E-state index is -3.85. The van der Waals surface area contributed by atoms with Crippen molar-refractivity contribution < 1.29 is 13.2 Å². The van der Waals surface area contributed by atoms with Crippen LogP contribution in [0, 0.1) is 0 Å². The molecule has 0 spiro atoms. The number of nitrogens with zero attached hydrogens (tertiary/aromatic N) is 2. The molecule has 8 heteroatoms. The summed E-state index contributed by atoms with van der Waals surface area (Å²) >= 11 is 0.807. The van der Waals surface area contributed by atoms with E-state index in [4.69, 9.17) is 5.14 Å². The highest BCUT2D eigenvalue weighted by Gasteiger charge is 2.17. The number of ketones is 1. The summed E-state index contributed by atoms with van der Waals surface area (Å²) in [5, 5.41) is 12.3. The second-order valence-electron chi connectivity index (χ2n) is 3.47. The predicted octanol–water partition coefficient (Wildman–Crippen LogP) is 0.611. The Hall–Kier alpha value is -1.64. The van der Waals surface area contributed by atoms with Gasteiger partial charge in [0.05, 0.1) is 6.42 Å². The highest BCUT2D eigenvalue weighted by atomic mass is 32.2. The first-order valence-corrected chi connectivity index (χ1v) is 7.26. The van der Waals surface area contributed by atoms with E-state index < -0.39 is 10.0 Å². The fourth-order valence-electron chi connectivity index (χ4n) is 1.29. The van der Waals surface area contributed by atoms with Crippen molar-refractivity contribution in [3.8, 4) is 0 Å². The minimum Gasteiger partial charge on any atom is -0.294 e. The molecule has 0 atom stereocenters. The van der Waals surface area contributed by atoms with Crippen LogP contribution in [0.3, 0.4) is 0 Å². The zero-order valence-electron chi connectivity index (χ0n) is 9.11. The maximum Gasteiger partial charge on any atom is 0.267 e. The smallest absolute Gasteiger partial charge is 0.267 e. The van der Waals surface area contributed by atoms with Gasteiger partial charge in [0.2, 0.25) is 4.34 Å². The monoisotopic (exact) mass is 283 g/mol. The van der Waals surface area contributed by atoms with Crippen LogP contribution in [0.25, 0.3) is 0 Å². The summed E-state index contributed by atoms with van der Waals surface area (Å²) in [6.45, 7) is 0. The number of carbonyl (C=O) groups excluding carboxylic acids is 1. The third kappa shape index (κ3) is 2.97. The molecule has 94 valence electrons. The Balaban J connectivity index is 2.16. The van der Waals surface area contributed by atoms with Crippen LogP contribution in [0.15, 0.2) is 34.7 Å². The van der Waals surface area contributed by atoms with Gasteiger partial charge in [0, 0.05) is 5.56 Å². The number of Topliss-reactive ketones (excluding diaryl/α,β-unsaturated/α-hetero) is 1. The lowest BCUT2D eigenvalue weighted by molar-refractivity contribution is 0.0992. The number of hydrogen-bond donors (Lipinski definition) is 1. The van der Waals surface area contributed by atoms with Crippen molar-refractivity contribution in [3.05, 3.63) is 40.9 Å². The summed E-state index contributed by atoms with van der Waals surface area (Å²) in [4.78, 5) is 11.8. The van der Waals surface area contributed by atoms with Gasteiger partial charge in [-0.05, 0) is 0 Å². The molecule has 0 radical (unpaired) electrons. The maximum absolute atomic E-state index is 11.8. The molecule has 2 rings (SSSR count). The van der Waals surface area contributed by atoms with Gasteiger partial charge in [0.25, 0.3) is 10.0 Å². The Morgan fingerprint density at radius 1 is 1.22 bits per heavy atom. The fraction of sp³-hybridized carbons (Fsp3) is 0.100. The summed E-state index contributed by atoms with van der Waals surface area (Å²) < 4.78 is 21.7. The molecule has 0 fully saturated rings. The van der Waals surface area contributed by atoms with E-state index >= 15 is 0 Å². The first kappa shape index (κ1) is 12.8. The van der Waals surface area contributed by atoms with Gasteiger partial charge in [0.15, 0.2) is 5.78 Å². The van der Waals surface area contributed by atoms with Gasteiger partial charge < -0.3 is 0 Å². The minimum absolute atomic E-state index is 0.0111. The van der Waals surface area contributed by atoms with Crippen LogP contribution in [-0.4, -0.2) is 24.4 Å². The highest BCUT2D eigenvalue weighted by Crippen LogP contribution is 2.16. The van der Waals surface area contributed by atoms with Crippen LogP contribution in [0.2, 0.25) is 0 Å². The van der Waals surface area contributed by atoms with Crippen LogP contribution in [0.1, 0.15) is 15.4 Å². The second kappa shape index (κ2) is 4.92. The van der Waals surface area contributed by atoms with Gasteiger partial charge in [-0.25, -0.2) is 13.6 Å². The van der Waals surface area contributed by atoms with E-state index in [2.05, 4.69) is 10.2 Å². The van der Waals surface area contributed by atoms with Gasteiger partial charge in [-0.1, -0.05) is 41.7 Å². The molecule has 0 saturated carbocycles. The van der Waals surface area contributed by atoms with Crippen molar-refractivity contribution in [2.75, 3.05) is 0 Å². The Morgan fingerprint density at radius 3 is 2.44 bits per heavy atom. The molecule has 2 N–H and O–H groups in total. The van der Waals surface area contributed by atoms with Crippen molar-refractivity contribution in [2.45, 2.75) is 10.8 Å². The van der Waals surface area contributed by atoms with Crippen LogP contribution in [0.5, 0.6) is 0 Å². The number of carbonyl (C=O) groups is 1. The molecule has 0 unspecified atom stereocenters. The van der Waals surface area contributed by atoms with E-state index in [-0.39, 0.29) is 16.5 Å². The van der Waals surface area contributed by atoms with E-state index in [0.29, 0.717) is 10.6 Å². The van der Waals surface area contributed by atoms with Crippen LogP contribution >= 0.6 is 11.3 Å². The molecule has 1 heterocycles. The summed E-state index contributed by atoms with van der Waals surface area (Å²) in [6, 6.07) is 8.68. The molecule has 0 aliphatic carbocycles. The Morgan fingerprint density at radius 2 is 1.89 bits per heavy atom. The summed E-state index contributed by atoms with van der Waals surface area (Å²) in [6.07, 6.45) is 0.0111. The second-order valence-corrected chi connectivity index (χ2v) is 6.27. The standard InChI is InChI=1S/C10H9N3O3S2/c11-18(15,16)10-13-12-9(17-10)6-8(14)7-4-2-1-3-5-7/h1-5H,6H2,(H2,11,15,16). The van der Waals surface area contributed by atoms with E-state index in [0.717, 1.165) is 11.3 Å². The van der Waals surface area contributed by atoms with Crippen molar-refractivity contribution in [2.24, 2.45) is 5.14 Å². The first-order valence-electron chi connectivity index (χ1n) is 4.90. The highest BCUT2D eigenvalue weighted by molar-refractivity contribution is 7.91. The van der Waals surface area contributed by atoms with Gasteiger partial charge in [-0.2, -0.15) is 0 Å². The number of aromatic nitrogens is 2. The van der Waals surface area contributed by atoms with Crippen molar-refractivity contribution in [1.82, 2.24) is 10.2 Å². The lowest BCUT2D eigenvalue weighted by atomic mass is 10.1. The molecule has 2 aromatic rings. The number of sulfonamides is 1.